The molecule has 0 rings (SSSR count). The van der Waals surface area contributed by atoms with Crippen LogP contribution in [0.25, 0.3) is 0 Å². The number of hydrogen-bond donors (Lipinski definition) is 3. The third-order valence-corrected chi connectivity index (χ3v) is 0.149. The summed E-state index contributed by atoms with van der Waals surface area (Å²) < 4.78 is 0. The molecule has 0 spiro atoms. The Kier molecular flexibility index (Phi) is 1.72. The molecular formula is C2H5NO2. The van der Waals surface area contributed by atoms with Crippen LogP contribution in [-0.4, -0.2) is 22.7 Å². The smallest absolute Gasteiger partial charge is 0.188 e. The van der Waals surface area contributed by atoms with Crippen molar-refractivity contribution in [1.82, 2.24) is 0 Å². The Balaban J connectivity index is 2.83. The van der Waals surface area contributed by atoms with Crippen LogP contribution in [-0.2, 0) is 0 Å². The van der Waals surface area contributed by atoms with Crippen molar-refractivity contribution in [3.8, 4) is 0 Å². The molecule has 0 amide bonds. The number of hydrogen-bond acceptors (Lipinski definition) is 3. The summed E-state index contributed by atoms with van der Waals surface area (Å²) in [4.78, 5) is 0. The minimum atomic E-state index is -1.57. The summed E-state index contributed by atoms with van der Waals surface area (Å²) in [5.41, 5.74) is 0. The first-order chi connectivity index (χ1) is 2.27. The van der Waals surface area contributed by atoms with Crippen LogP contribution in [0.3, 0.4) is 0 Å². The van der Waals surface area contributed by atoms with E-state index in [-0.39, 0.29) is 0 Å². The monoisotopic (exact) mass is 75.0 g/mol. The molecule has 0 saturated carbocycles. The number of aliphatic hydroxyl groups excluding tert-OH is 1. The predicted octanol–water partition coefficient (Wildman–Crippen LogP) is -1.05. The minimum Gasteiger partial charge on any atom is -0.364 e. The molecule has 0 atom stereocenters. The van der Waals surface area contributed by atoms with Gasteiger partial charge in [-0.3, -0.25) is 0 Å². The van der Waals surface area contributed by atoms with Crippen LogP contribution in [0.2, 0.25) is 0 Å². The summed E-state index contributed by atoms with van der Waals surface area (Å²) in [6, 6.07) is 0. The Morgan fingerprint density at radius 1 is 1.60 bits per heavy atom. The average molecular weight is 75.1 g/mol. The summed E-state index contributed by atoms with van der Waals surface area (Å²) in [6.45, 7) is 0. The van der Waals surface area contributed by atoms with Crippen LogP contribution in [0, 0.1) is 5.41 Å². The van der Waals surface area contributed by atoms with E-state index in [1.54, 1.807) is 0 Å². The van der Waals surface area contributed by atoms with E-state index in [9.17, 15) is 0 Å². The SMILES string of the molecule is N=CC(O)O. The van der Waals surface area contributed by atoms with Gasteiger partial charge < -0.3 is 15.6 Å². The van der Waals surface area contributed by atoms with Gasteiger partial charge in [0.05, 0.1) is 6.21 Å². The lowest BCUT2D eigenvalue weighted by Crippen LogP contribution is -2.02. The van der Waals surface area contributed by atoms with E-state index in [1.165, 1.54) is 0 Å². The highest BCUT2D eigenvalue weighted by molar-refractivity contribution is 5.56. The molecule has 0 saturated heterocycles. The van der Waals surface area contributed by atoms with Gasteiger partial charge in [0.1, 0.15) is 0 Å². The molecule has 0 aliphatic carbocycles. The van der Waals surface area contributed by atoms with E-state index in [4.69, 9.17) is 15.6 Å². The van der Waals surface area contributed by atoms with Gasteiger partial charge in [-0.25, -0.2) is 0 Å². The molecule has 0 bridgehead atoms. The summed E-state index contributed by atoms with van der Waals surface area (Å²) >= 11 is 0. The van der Waals surface area contributed by atoms with Crippen LogP contribution < -0.4 is 0 Å². The minimum absolute atomic E-state index is 0.528. The highest BCUT2D eigenvalue weighted by Gasteiger charge is 1.79. The lowest BCUT2D eigenvalue weighted by atomic mass is 10.7. The Labute approximate surface area is 29.4 Å². The highest BCUT2D eigenvalue weighted by atomic mass is 16.5. The second kappa shape index (κ2) is 1.87. The van der Waals surface area contributed by atoms with Crippen molar-refractivity contribution in [3.05, 3.63) is 0 Å². The van der Waals surface area contributed by atoms with Crippen LogP contribution in [0.1, 0.15) is 0 Å². The second-order valence-electron chi connectivity index (χ2n) is 0.580. The van der Waals surface area contributed by atoms with E-state index in [0.29, 0.717) is 6.21 Å². The molecule has 3 N–H and O–H groups in total. The van der Waals surface area contributed by atoms with Crippen molar-refractivity contribution in [1.29, 1.82) is 5.41 Å². The van der Waals surface area contributed by atoms with Gasteiger partial charge in [-0.05, 0) is 0 Å². The third-order valence-electron chi connectivity index (χ3n) is 0.149. The maximum absolute atomic E-state index is 7.67. The molecule has 30 valence electrons. The molecule has 5 heavy (non-hydrogen) atoms. The Morgan fingerprint density at radius 3 is 1.80 bits per heavy atom. The number of nitrogens with one attached hydrogen (secondary N) is 1. The van der Waals surface area contributed by atoms with E-state index in [0.717, 1.165) is 0 Å². The fraction of sp³-hybridized carbons (Fsp3) is 0.500. The summed E-state index contributed by atoms with van der Waals surface area (Å²) in [7, 11) is 0. The number of aliphatic hydroxyl groups is 2. The molecule has 0 aromatic heterocycles. The number of rotatable bonds is 1. The van der Waals surface area contributed by atoms with Crippen LogP contribution in [0.4, 0.5) is 0 Å². The Bertz CT molecular complexity index is 34.6. The second-order valence-corrected chi connectivity index (χ2v) is 0.580. The highest BCUT2D eigenvalue weighted by Crippen LogP contribution is 1.55. The molecule has 0 radical (unpaired) electrons. The maximum Gasteiger partial charge on any atom is 0.188 e. The Morgan fingerprint density at radius 2 is 1.80 bits per heavy atom. The fourth-order valence-corrected chi connectivity index (χ4v) is 0. The molecule has 0 unspecified atom stereocenters. The summed E-state index contributed by atoms with van der Waals surface area (Å²) in [5, 5.41) is 21.4. The lowest BCUT2D eigenvalue weighted by Gasteiger charge is -1.83. The van der Waals surface area contributed by atoms with Gasteiger partial charge in [0.25, 0.3) is 0 Å². The summed E-state index contributed by atoms with van der Waals surface area (Å²) in [5.74, 6) is 0. The lowest BCUT2D eigenvalue weighted by molar-refractivity contribution is 0.0233. The van der Waals surface area contributed by atoms with E-state index in [2.05, 4.69) is 0 Å². The first-order valence-corrected chi connectivity index (χ1v) is 1.14. The van der Waals surface area contributed by atoms with Gasteiger partial charge >= 0.3 is 0 Å². The predicted molar refractivity (Wildman–Crippen MR) is 17.0 cm³/mol. The average Bonchev–Trinajstić information content (AvgIpc) is 1.38. The molecule has 0 aliphatic rings. The van der Waals surface area contributed by atoms with Crippen LogP contribution in [0.5, 0.6) is 0 Å². The van der Waals surface area contributed by atoms with Crippen molar-refractivity contribution in [2.75, 3.05) is 0 Å². The van der Waals surface area contributed by atoms with Crippen LogP contribution in [0.15, 0.2) is 0 Å². The molecular weight excluding hydrogens is 70.0 g/mol. The fourth-order valence-electron chi connectivity index (χ4n) is 0. The van der Waals surface area contributed by atoms with E-state index >= 15 is 0 Å². The molecule has 0 heterocycles. The first-order valence-electron chi connectivity index (χ1n) is 1.14. The Hall–Kier alpha value is -0.410. The van der Waals surface area contributed by atoms with E-state index < -0.39 is 6.29 Å². The van der Waals surface area contributed by atoms with Crippen molar-refractivity contribution in [2.45, 2.75) is 6.29 Å². The topological polar surface area (TPSA) is 64.3 Å². The molecule has 0 aromatic carbocycles. The molecule has 3 nitrogen and oxygen atoms in total. The zero-order valence-corrected chi connectivity index (χ0v) is 2.55. The van der Waals surface area contributed by atoms with Gasteiger partial charge in [-0.1, -0.05) is 0 Å². The van der Waals surface area contributed by atoms with Gasteiger partial charge in [0.2, 0.25) is 0 Å². The zero-order chi connectivity index (χ0) is 4.28. The van der Waals surface area contributed by atoms with Gasteiger partial charge in [0.15, 0.2) is 6.29 Å². The molecule has 0 fully saturated rings. The van der Waals surface area contributed by atoms with Gasteiger partial charge in [0, 0.05) is 0 Å². The van der Waals surface area contributed by atoms with Crippen molar-refractivity contribution in [3.63, 3.8) is 0 Å². The van der Waals surface area contributed by atoms with Crippen LogP contribution >= 0.6 is 0 Å². The molecule has 3 heteroatoms. The molecule has 0 aliphatic heterocycles. The van der Waals surface area contributed by atoms with Crippen molar-refractivity contribution >= 4 is 6.21 Å². The van der Waals surface area contributed by atoms with Gasteiger partial charge in [-0.2, -0.15) is 0 Å². The largest absolute Gasteiger partial charge is 0.364 e. The van der Waals surface area contributed by atoms with Crippen molar-refractivity contribution in [2.24, 2.45) is 0 Å². The zero-order valence-electron chi connectivity index (χ0n) is 2.55. The third kappa shape index (κ3) is 3.59. The maximum atomic E-state index is 7.67. The normalized spacial score (nSPS) is 8.60. The van der Waals surface area contributed by atoms with E-state index in [1.807, 2.05) is 0 Å². The quantitative estimate of drug-likeness (QED) is 0.275. The standard InChI is InChI=1S/C2H5NO2/c3-1-2(4)5/h1-5H. The summed E-state index contributed by atoms with van der Waals surface area (Å²) in [6.07, 6.45) is -1.05. The van der Waals surface area contributed by atoms with Crippen molar-refractivity contribution < 1.29 is 10.2 Å². The first kappa shape index (κ1) is 4.59. The van der Waals surface area contributed by atoms with Gasteiger partial charge in [-0.15, -0.1) is 0 Å². The molecule has 0 aromatic rings.